The minimum atomic E-state index is -0.689. The zero-order chi connectivity index (χ0) is 18.1. The monoisotopic (exact) mass is 384 g/mol. The molecule has 1 aliphatic rings. The van der Waals surface area contributed by atoms with Gasteiger partial charge in [-0.2, -0.15) is 0 Å². The Balaban J connectivity index is 1.87. The number of nitrogens with zero attached hydrogens (tertiary/aromatic N) is 2. The maximum atomic E-state index is 12.1. The zero-order valence-corrected chi connectivity index (χ0v) is 17.3. The highest BCUT2D eigenvalue weighted by atomic mass is 32.2. The van der Waals surface area contributed by atoms with Crippen LogP contribution in [-0.4, -0.2) is 45.3 Å². The summed E-state index contributed by atoms with van der Waals surface area (Å²) in [6.45, 7) is 7.84. The number of aryl methyl sites for hydroxylation is 1. The van der Waals surface area contributed by atoms with Gasteiger partial charge in [0.1, 0.15) is 0 Å². The van der Waals surface area contributed by atoms with Crippen LogP contribution in [0.4, 0.5) is 0 Å². The number of nitrogens with one attached hydrogen (secondary N) is 2. The summed E-state index contributed by atoms with van der Waals surface area (Å²) in [4.78, 5) is 10.5. The first-order valence-electron chi connectivity index (χ1n) is 9.51. The molecule has 0 bridgehead atoms. The predicted octanol–water partition coefficient (Wildman–Crippen LogP) is 2.88. The number of thiazole rings is 1. The van der Waals surface area contributed by atoms with Crippen LogP contribution in [0.5, 0.6) is 0 Å². The third-order valence-electron chi connectivity index (χ3n) is 4.51. The van der Waals surface area contributed by atoms with E-state index in [1.54, 1.807) is 11.3 Å². The Labute approximate surface area is 158 Å². The molecule has 25 heavy (non-hydrogen) atoms. The first-order valence-corrected chi connectivity index (χ1v) is 11.7. The van der Waals surface area contributed by atoms with Gasteiger partial charge >= 0.3 is 0 Å². The van der Waals surface area contributed by atoms with E-state index in [1.807, 2.05) is 13.1 Å². The molecule has 3 atom stereocenters. The van der Waals surface area contributed by atoms with Crippen LogP contribution in [0, 0.1) is 0 Å². The molecule has 1 heterocycles. The molecule has 2 N–H and O–H groups in total. The average Bonchev–Trinajstić information content (AvgIpc) is 3.09. The van der Waals surface area contributed by atoms with Crippen molar-refractivity contribution in [3.05, 3.63) is 16.1 Å². The molecule has 2 rings (SSSR count). The summed E-state index contributed by atoms with van der Waals surface area (Å²) >= 11 is 1.78. The average molecular weight is 385 g/mol. The second kappa shape index (κ2) is 10.9. The molecule has 3 unspecified atom stereocenters. The van der Waals surface area contributed by atoms with E-state index in [9.17, 15) is 4.21 Å². The number of aromatic nitrogens is 1. The molecule has 0 saturated heterocycles. The molecule has 0 aliphatic heterocycles. The second-order valence-electron chi connectivity index (χ2n) is 6.38. The van der Waals surface area contributed by atoms with Crippen molar-refractivity contribution in [1.29, 1.82) is 0 Å². The Morgan fingerprint density at radius 2 is 2.24 bits per heavy atom. The van der Waals surface area contributed by atoms with E-state index in [4.69, 9.17) is 4.99 Å². The Hall–Kier alpha value is -0.950. The van der Waals surface area contributed by atoms with Gasteiger partial charge in [0.2, 0.25) is 0 Å². The third kappa shape index (κ3) is 6.70. The molecule has 142 valence electrons. The standard InChI is InChI=1S/C18H32N4OS2/c1-4-15-13-21-17(24-15)10-11-20-18(19-5-2)22-14-8-7-9-16(12-14)25(23)6-3/h13-14,16H,4-12H2,1-3H3,(H2,19,20,22). The molecule has 0 radical (unpaired) electrons. The van der Waals surface area contributed by atoms with Gasteiger partial charge in [-0.1, -0.05) is 20.3 Å². The van der Waals surface area contributed by atoms with Crippen LogP contribution < -0.4 is 10.6 Å². The highest BCUT2D eigenvalue weighted by Crippen LogP contribution is 2.23. The number of hydrogen-bond acceptors (Lipinski definition) is 4. The Kier molecular flexibility index (Phi) is 8.89. The maximum absolute atomic E-state index is 12.1. The minimum absolute atomic E-state index is 0.335. The quantitative estimate of drug-likeness (QED) is 0.534. The fraction of sp³-hybridized carbons (Fsp3) is 0.778. The van der Waals surface area contributed by atoms with E-state index in [0.29, 0.717) is 11.3 Å². The van der Waals surface area contributed by atoms with Crippen LogP contribution in [0.15, 0.2) is 11.2 Å². The van der Waals surface area contributed by atoms with Crippen molar-refractivity contribution >= 4 is 28.1 Å². The summed E-state index contributed by atoms with van der Waals surface area (Å²) in [5.41, 5.74) is 0. The Bertz CT molecular complexity index is 573. The first-order chi connectivity index (χ1) is 12.2. The van der Waals surface area contributed by atoms with Gasteiger partial charge in [0.25, 0.3) is 0 Å². The van der Waals surface area contributed by atoms with Gasteiger partial charge in [-0.15, -0.1) is 11.3 Å². The lowest BCUT2D eigenvalue weighted by Crippen LogP contribution is -2.46. The molecule has 0 spiro atoms. The molecule has 1 saturated carbocycles. The van der Waals surface area contributed by atoms with E-state index >= 15 is 0 Å². The minimum Gasteiger partial charge on any atom is -0.357 e. The summed E-state index contributed by atoms with van der Waals surface area (Å²) < 4.78 is 12.1. The third-order valence-corrected chi connectivity index (χ3v) is 7.46. The normalized spacial score (nSPS) is 22.6. The van der Waals surface area contributed by atoms with Crippen molar-refractivity contribution < 1.29 is 4.21 Å². The Morgan fingerprint density at radius 3 is 2.92 bits per heavy atom. The van der Waals surface area contributed by atoms with Crippen LogP contribution in [0.2, 0.25) is 0 Å². The Morgan fingerprint density at radius 1 is 1.40 bits per heavy atom. The van der Waals surface area contributed by atoms with Crippen LogP contribution in [0.1, 0.15) is 56.3 Å². The number of aliphatic imine (C=N–C) groups is 1. The van der Waals surface area contributed by atoms with Crippen LogP contribution in [0.25, 0.3) is 0 Å². The second-order valence-corrected chi connectivity index (χ2v) is 9.59. The SMILES string of the molecule is CCNC(=NCCc1ncc(CC)s1)NC1CCCC(S(=O)CC)C1. The lowest BCUT2D eigenvalue weighted by molar-refractivity contribution is 0.413. The number of guanidine groups is 1. The van der Waals surface area contributed by atoms with Crippen molar-refractivity contribution in [2.45, 2.75) is 70.6 Å². The lowest BCUT2D eigenvalue weighted by Gasteiger charge is -2.30. The van der Waals surface area contributed by atoms with E-state index in [2.05, 4.69) is 29.5 Å². The molecule has 0 amide bonds. The number of hydrogen-bond donors (Lipinski definition) is 2. The van der Waals surface area contributed by atoms with Gasteiger partial charge in [0.15, 0.2) is 5.96 Å². The molecule has 1 fully saturated rings. The smallest absolute Gasteiger partial charge is 0.191 e. The molecule has 0 aromatic carbocycles. The fourth-order valence-electron chi connectivity index (χ4n) is 3.15. The van der Waals surface area contributed by atoms with Gasteiger partial charge in [-0.05, 0) is 32.6 Å². The molecule has 1 aromatic rings. The first kappa shape index (κ1) is 20.4. The summed E-state index contributed by atoms with van der Waals surface area (Å²) in [5.74, 6) is 1.64. The van der Waals surface area contributed by atoms with E-state index < -0.39 is 10.8 Å². The van der Waals surface area contributed by atoms with Gasteiger partial charge in [-0.3, -0.25) is 9.20 Å². The number of rotatable bonds is 8. The van der Waals surface area contributed by atoms with E-state index in [-0.39, 0.29) is 0 Å². The van der Waals surface area contributed by atoms with E-state index in [0.717, 1.165) is 68.3 Å². The topological polar surface area (TPSA) is 66.4 Å². The van der Waals surface area contributed by atoms with Crippen molar-refractivity contribution in [2.24, 2.45) is 4.99 Å². The summed E-state index contributed by atoms with van der Waals surface area (Å²) in [7, 11) is -0.689. The van der Waals surface area contributed by atoms with Gasteiger partial charge < -0.3 is 10.6 Å². The summed E-state index contributed by atoms with van der Waals surface area (Å²) in [6, 6.07) is 0.374. The van der Waals surface area contributed by atoms with Crippen LogP contribution >= 0.6 is 11.3 Å². The highest BCUT2D eigenvalue weighted by molar-refractivity contribution is 7.85. The molecular formula is C18H32N4OS2. The highest BCUT2D eigenvalue weighted by Gasteiger charge is 2.25. The van der Waals surface area contributed by atoms with E-state index in [1.165, 1.54) is 4.88 Å². The molecule has 1 aromatic heterocycles. The van der Waals surface area contributed by atoms with Crippen LogP contribution in [0.3, 0.4) is 0 Å². The largest absolute Gasteiger partial charge is 0.357 e. The summed E-state index contributed by atoms with van der Waals surface area (Å²) in [6.07, 6.45) is 8.26. The van der Waals surface area contributed by atoms with Crippen molar-refractivity contribution in [3.63, 3.8) is 0 Å². The molecule has 1 aliphatic carbocycles. The predicted molar refractivity (Wildman–Crippen MR) is 109 cm³/mol. The maximum Gasteiger partial charge on any atom is 0.191 e. The van der Waals surface area contributed by atoms with Crippen molar-refractivity contribution in [1.82, 2.24) is 15.6 Å². The van der Waals surface area contributed by atoms with Crippen LogP contribution in [-0.2, 0) is 23.6 Å². The lowest BCUT2D eigenvalue weighted by atomic mass is 9.95. The van der Waals surface area contributed by atoms with Gasteiger partial charge in [0, 0.05) is 58.4 Å². The van der Waals surface area contributed by atoms with Crippen molar-refractivity contribution in [3.8, 4) is 0 Å². The summed E-state index contributed by atoms with van der Waals surface area (Å²) in [5, 5.41) is 8.39. The fourth-order valence-corrected chi connectivity index (χ4v) is 5.35. The van der Waals surface area contributed by atoms with Crippen molar-refractivity contribution in [2.75, 3.05) is 18.8 Å². The van der Waals surface area contributed by atoms with Gasteiger partial charge in [-0.25, -0.2) is 4.98 Å². The molecule has 7 heteroatoms. The molecule has 5 nitrogen and oxygen atoms in total. The van der Waals surface area contributed by atoms with Gasteiger partial charge in [0.05, 0.1) is 5.01 Å². The zero-order valence-electron chi connectivity index (χ0n) is 15.7. The molecular weight excluding hydrogens is 352 g/mol.